The summed E-state index contributed by atoms with van der Waals surface area (Å²) in [6, 6.07) is 13.9. The highest BCUT2D eigenvalue weighted by Crippen LogP contribution is 2.34. The van der Waals surface area contributed by atoms with Crippen molar-refractivity contribution >= 4 is 51.6 Å². The number of anilines is 2. The molecule has 0 aliphatic carbocycles. The number of thioether (sulfide) groups is 1. The Labute approximate surface area is 256 Å². The lowest BCUT2D eigenvalue weighted by Crippen LogP contribution is -2.31. The Morgan fingerprint density at radius 1 is 1.05 bits per heavy atom. The topological polar surface area (TPSA) is 106 Å². The summed E-state index contributed by atoms with van der Waals surface area (Å²) in [6.45, 7) is 4.51. The second kappa shape index (κ2) is 13.1. The number of aryl methyl sites for hydroxylation is 1. The molecule has 15 heteroatoms. The van der Waals surface area contributed by atoms with Crippen LogP contribution in [-0.2, 0) is 16.1 Å². The third-order valence-corrected chi connectivity index (χ3v) is 8.07. The Bertz CT molecular complexity index is 1730. The normalized spacial score (nSPS) is 14.4. The van der Waals surface area contributed by atoms with Crippen molar-refractivity contribution < 1.29 is 36.6 Å². The number of aromatic nitrogens is 2. The fourth-order valence-corrected chi connectivity index (χ4v) is 5.84. The average molecular weight is 646 g/mol. The summed E-state index contributed by atoms with van der Waals surface area (Å²) in [5.41, 5.74) is 2.97. The van der Waals surface area contributed by atoms with Gasteiger partial charge in [0.05, 0.1) is 23.7 Å². The van der Waals surface area contributed by atoms with Gasteiger partial charge in [-0.1, -0.05) is 35.2 Å². The maximum atomic E-state index is 15.0. The van der Waals surface area contributed by atoms with Gasteiger partial charge in [0.15, 0.2) is 5.17 Å². The molecule has 4 aromatic rings. The number of carbonyl (C=O) groups is 2. The van der Waals surface area contributed by atoms with Crippen LogP contribution in [0.25, 0.3) is 21.1 Å². The molecule has 1 fully saturated rings. The van der Waals surface area contributed by atoms with Gasteiger partial charge in [-0.15, -0.1) is 23.4 Å². The van der Waals surface area contributed by atoms with Crippen molar-refractivity contribution in [2.45, 2.75) is 26.8 Å². The summed E-state index contributed by atoms with van der Waals surface area (Å²) in [4.78, 5) is 31.0. The molecule has 44 heavy (non-hydrogen) atoms. The summed E-state index contributed by atoms with van der Waals surface area (Å²) in [5, 5.41) is 11.4. The van der Waals surface area contributed by atoms with Crippen LogP contribution < -0.4 is 15.0 Å². The summed E-state index contributed by atoms with van der Waals surface area (Å²) in [7, 11) is 0. The van der Waals surface area contributed by atoms with E-state index >= 15 is 4.39 Å². The molecule has 9 nitrogen and oxygen atoms in total. The minimum absolute atomic E-state index is 0.0898. The molecule has 2 heterocycles. The first-order chi connectivity index (χ1) is 21.0. The van der Waals surface area contributed by atoms with Gasteiger partial charge < -0.3 is 14.8 Å². The van der Waals surface area contributed by atoms with Crippen LogP contribution in [0.15, 0.2) is 65.7 Å². The molecular weight excluding hydrogens is 622 g/mol. The Morgan fingerprint density at radius 3 is 2.43 bits per heavy atom. The van der Waals surface area contributed by atoms with Crippen LogP contribution in [0, 0.1) is 12.7 Å². The molecule has 1 saturated heterocycles. The molecule has 3 aromatic carbocycles. The van der Waals surface area contributed by atoms with Crippen LogP contribution in [-0.4, -0.2) is 46.0 Å². The predicted molar refractivity (Wildman–Crippen MR) is 160 cm³/mol. The Balaban J connectivity index is 1.30. The number of urea groups is 1. The maximum Gasteiger partial charge on any atom is 0.573 e. The number of rotatable bonds is 8. The number of halogens is 4. The Morgan fingerprint density at radius 2 is 1.75 bits per heavy atom. The second-order valence-electron chi connectivity index (χ2n) is 9.29. The summed E-state index contributed by atoms with van der Waals surface area (Å²) in [6.07, 6.45) is -4.80. The minimum Gasteiger partial charge on any atom is -0.406 e. The van der Waals surface area contributed by atoms with E-state index in [9.17, 15) is 22.8 Å². The zero-order valence-electron chi connectivity index (χ0n) is 23.1. The van der Waals surface area contributed by atoms with Gasteiger partial charge in [0.2, 0.25) is 5.91 Å². The lowest BCUT2D eigenvalue weighted by atomic mass is 10.1. The van der Waals surface area contributed by atoms with E-state index in [1.807, 2.05) is 32.0 Å². The number of benzene rings is 3. The lowest BCUT2D eigenvalue weighted by Gasteiger charge is -2.20. The molecule has 0 spiro atoms. The molecule has 228 valence electrons. The van der Waals surface area contributed by atoms with Crippen molar-refractivity contribution in [3.63, 3.8) is 0 Å². The van der Waals surface area contributed by atoms with E-state index in [2.05, 4.69) is 25.2 Å². The van der Waals surface area contributed by atoms with Crippen LogP contribution in [0.5, 0.6) is 5.75 Å². The quantitative estimate of drug-likeness (QED) is 0.199. The van der Waals surface area contributed by atoms with E-state index < -0.39 is 18.2 Å². The second-order valence-corrected chi connectivity index (χ2v) is 11.2. The number of aliphatic imine (C=N–C) groups is 1. The van der Waals surface area contributed by atoms with Crippen molar-refractivity contribution in [1.29, 1.82) is 0 Å². The molecule has 1 N–H and O–H groups in total. The highest BCUT2D eigenvalue weighted by atomic mass is 32.2. The van der Waals surface area contributed by atoms with Gasteiger partial charge in [0.25, 0.3) is 0 Å². The summed E-state index contributed by atoms with van der Waals surface area (Å²) < 4.78 is 61.7. The highest BCUT2D eigenvalue weighted by molar-refractivity contribution is 8.15. The molecule has 5 rings (SSSR count). The lowest BCUT2D eigenvalue weighted by molar-refractivity contribution is -0.274. The fourth-order valence-electron chi connectivity index (χ4n) is 4.13. The molecule has 3 amide bonds. The number of hydrogen-bond acceptors (Lipinski definition) is 8. The van der Waals surface area contributed by atoms with Crippen LogP contribution in [0.2, 0.25) is 0 Å². The smallest absolute Gasteiger partial charge is 0.406 e. The van der Waals surface area contributed by atoms with E-state index in [0.717, 1.165) is 46.4 Å². The highest BCUT2D eigenvalue weighted by Gasteiger charge is 2.32. The number of amides is 3. The number of nitrogens with one attached hydrogen (secondary N) is 1. The van der Waals surface area contributed by atoms with E-state index in [4.69, 9.17) is 4.74 Å². The van der Waals surface area contributed by atoms with Crippen molar-refractivity contribution in [2.75, 3.05) is 22.6 Å². The largest absolute Gasteiger partial charge is 0.573 e. The van der Waals surface area contributed by atoms with E-state index in [1.165, 1.54) is 35.2 Å². The van der Waals surface area contributed by atoms with Gasteiger partial charge >= 0.3 is 12.4 Å². The number of amidine groups is 1. The van der Waals surface area contributed by atoms with E-state index in [0.29, 0.717) is 33.4 Å². The SMILES string of the molecule is CCOCc1ccc(C)cc1N1C(=O)CS/C1=N\C(=O)Nc1ccc(-c2nnc(-c3ccc(OC(F)(F)F)cc3)s2)cc1F. The van der Waals surface area contributed by atoms with Crippen LogP contribution in [0.1, 0.15) is 18.1 Å². The molecule has 1 aliphatic rings. The van der Waals surface area contributed by atoms with Gasteiger partial charge in [-0.25, -0.2) is 9.18 Å². The Hall–Kier alpha value is -4.34. The summed E-state index contributed by atoms with van der Waals surface area (Å²) >= 11 is 2.20. The number of nitrogens with zero attached hydrogens (tertiary/aromatic N) is 4. The summed E-state index contributed by atoms with van der Waals surface area (Å²) in [5.74, 6) is -1.29. The first-order valence-electron chi connectivity index (χ1n) is 13.0. The number of alkyl halides is 3. The average Bonchev–Trinajstić information content (AvgIpc) is 3.60. The molecular formula is C29H23F4N5O4S2. The molecule has 0 unspecified atom stereocenters. The molecule has 0 radical (unpaired) electrons. The van der Waals surface area contributed by atoms with Crippen molar-refractivity contribution in [3.05, 3.63) is 77.6 Å². The third-order valence-electron chi connectivity index (χ3n) is 6.12. The third kappa shape index (κ3) is 7.41. The van der Waals surface area contributed by atoms with Gasteiger partial charge in [0.1, 0.15) is 21.6 Å². The molecule has 0 atom stereocenters. The van der Waals surface area contributed by atoms with Crippen molar-refractivity contribution in [2.24, 2.45) is 4.99 Å². The van der Waals surface area contributed by atoms with Gasteiger partial charge in [-0.3, -0.25) is 9.69 Å². The molecule has 1 aliphatic heterocycles. The molecule has 0 bridgehead atoms. The van der Waals surface area contributed by atoms with E-state index in [-0.39, 0.29) is 34.9 Å². The number of carbonyl (C=O) groups excluding carboxylic acids is 2. The monoisotopic (exact) mass is 645 g/mol. The minimum atomic E-state index is -4.80. The molecule has 1 aromatic heterocycles. The van der Waals surface area contributed by atoms with E-state index in [1.54, 1.807) is 0 Å². The van der Waals surface area contributed by atoms with Crippen molar-refractivity contribution in [3.8, 4) is 26.9 Å². The first-order valence-corrected chi connectivity index (χ1v) is 14.8. The van der Waals surface area contributed by atoms with Crippen LogP contribution in [0.4, 0.5) is 33.7 Å². The standard InChI is InChI=1S/C29H23F4N5O4S2/c1-3-41-14-19-5-4-16(2)12-23(19)38-24(39)15-43-28(38)35-27(40)34-22-11-8-18(13-21(22)30)26-37-36-25(44-26)17-6-9-20(10-7-17)42-29(31,32)33/h4-13H,3,14-15H2,1-2H3,(H,34,40)/b35-28-. The number of ether oxygens (including phenoxy) is 2. The van der Waals surface area contributed by atoms with Crippen LogP contribution >= 0.6 is 23.1 Å². The fraction of sp³-hybridized carbons (Fsp3) is 0.207. The first kappa shape index (κ1) is 31.1. The number of hydrogen-bond donors (Lipinski definition) is 1. The maximum absolute atomic E-state index is 15.0. The Kier molecular flexibility index (Phi) is 9.27. The van der Waals surface area contributed by atoms with Crippen molar-refractivity contribution in [1.82, 2.24) is 10.2 Å². The van der Waals surface area contributed by atoms with Gasteiger partial charge in [-0.2, -0.15) is 4.99 Å². The van der Waals surface area contributed by atoms with Gasteiger partial charge in [-0.05, 0) is 67.9 Å². The molecule has 0 saturated carbocycles. The van der Waals surface area contributed by atoms with Gasteiger partial charge in [0, 0.05) is 23.3 Å². The zero-order valence-corrected chi connectivity index (χ0v) is 24.8. The van der Waals surface area contributed by atoms with Crippen LogP contribution in [0.3, 0.4) is 0 Å². The predicted octanol–water partition coefficient (Wildman–Crippen LogP) is 7.42. The zero-order chi connectivity index (χ0) is 31.4.